The van der Waals surface area contributed by atoms with Crippen molar-refractivity contribution < 1.29 is 22.7 Å². The van der Waals surface area contributed by atoms with Gasteiger partial charge in [-0.3, -0.25) is 9.52 Å². The first-order valence-corrected chi connectivity index (χ1v) is 11.9. The molecule has 0 radical (unpaired) electrons. The van der Waals surface area contributed by atoms with E-state index < -0.39 is 10.0 Å². The van der Waals surface area contributed by atoms with Gasteiger partial charge in [-0.1, -0.05) is 17.7 Å². The maximum atomic E-state index is 12.8. The molecule has 1 amide bonds. The number of anilines is 1. The number of rotatable bonds is 9. The molecule has 174 valence electrons. The van der Waals surface area contributed by atoms with Crippen molar-refractivity contribution in [3.63, 3.8) is 0 Å². The quantitative estimate of drug-likeness (QED) is 0.480. The number of carbonyl (C=O) groups is 1. The number of methoxy groups -OCH3 is 2. The fourth-order valence-electron chi connectivity index (χ4n) is 3.16. The van der Waals surface area contributed by atoms with E-state index in [2.05, 4.69) is 4.72 Å². The molecule has 0 heterocycles. The molecule has 7 nitrogen and oxygen atoms in total. The highest BCUT2D eigenvalue weighted by Gasteiger charge is 2.17. The van der Waals surface area contributed by atoms with Crippen molar-refractivity contribution in [2.75, 3.05) is 32.5 Å². The Labute approximate surface area is 198 Å². The average Bonchev–Trinajstić information content (AvgIpc) is 2.83. The van der Waals surface area contributed by atoms with Crippen molar-refractivity contribution >= 4 is 33.2 Å². The van der Waals surface area contributed by atoms with Crippen molar-refractivity contribution in [3.8, 4) is 11.5 Å². The number of sulfonamides is 1. The van der Waals surface area contributed by atoms with E-state index in [0.717, 1.165) is 5.56 Å². The third-order valence-corrected chi connectivity index (χ3v) is 6.69. The minimum Gasteiger partial charge on any atom is -0.493 e. The summed E-state index contributed by atoms with van der Waals surface area (Å²) in [6, 6.07) is 17.8. The first-order chi connectivity index (χ1) is 15.7. The molecule has 0 atom stereocenters. The summed E-state index contributed by atoms with van der Waals surface area (Å²) >= 11 is 5.83. The predicted molar refractivity (Wildman–Crippen MR) is 129 cm³/mol. The van der Waals surface area contributed by atoms with Gasteiger partial charge in [-0.25, -0.2) is 8.42 Å². The second-order valence-electron chi connectivity index (χ2n) is 7.30. The molecule has 0 aliphatic carbocycles. The van der Waals surface area contributed by atoms with Gasteiger partial charge in [0.15, 0.2) is 11.5 Å². The number of ether oxygens (including phenoxy) is 2. The lowest BCUT2D eigenvalue weighted by Gasteiger charge is -2.18. The number of benzene rings is 3. The normalized spacial score (nSPS) is 11.0. The topological polar surface area (TPSA) is 84.9 Å². The van der Waals surface area contributed by atoms with Gasteiger partial charge in [0.05, 0.1) is 19.1 Å². The SMILES string of the molecule is COc1ccc(CCN(C)C(=O)c2ccc(S(=O)(=O)Nc3ccc(Cl)cc3)cc2)cc1OC. The van der Waals surface area contributed by atoms with Gasteiger partial charge in [-0.05, 0) is 72.6 Å². The lowest BCUT2D eigenvalue weighted by molar-refractivity contribution is 0.0796. The number of likely N-dealkylation sites (N-methyl/N-ethyl adjacent to an activating group) is 1. The van der Waals surface area contributed by atoms with E-state index >= 15 is 0 Å². The summed E-state index contributed by atoms with van der Waals surface area (Å²) in [6.07, 6.45) is 0.625. The molecule has 1 N–H and O–H groups in total. The van der Waals surface area contributed by atoms with Crippen LogP contribution < -0.4 is 14.2 Å². The molecule has 3 aromatic carbocycles. The van der Waals surface area contributed by atoms with Crippen LogP contribution in [0.1, 0.15) is 15.9 Å². The molecule has 0 spiro atoms. The summed E-state index contributed by atoms with van der Waals surface area (Å²) in [4.78, 5) is 14.4. The number of amides is 1. The molecule has 3 rings (SSSR count). The summed E-state index contributed by atoms with van der Waals surface area (Å²) in [7, 11) is 1.07. The smallest absolute Gasteiger partial charge is 0.261 e. The summed E-state index contributed by atoms with van der Waals surface area (Å²) < 4.78 is 38.2. The van der Waals surface area contributed by atoms with Gasteiger partial charge >= 0.3 is 0 Å². The van der Waals surface area contributed by atoms with Gasteiger partial charge in [0, 0.05) is 29.9 Å². The number of hydrogen-bond acceptors (Lipinski definition) is 5. The largest absolute Gasteiger partial charge is 0.493 e. The summed E-state index contributed by atoms with van der Waals surface area (Å²) in [5.41, 5.74) is 1.80. The van der Waals surface area contributed by atoms with Crippen molar-refractivity contribution in [2.45, 2.75) is 11.3 Å². The number of nitrogens with one attached hydrogen (secondary N) is 1. The first-order valence-electron chi connectivity index (χ1n) is 10.1. The van der Waals surface area contributed by atoms with Crippen LogP contribution in [0.3, 0.4) is 0 Å². The van der Waals surface area contributed by atoms with E-state index in [9.17, 15) is 13.2 Å². The van der Waals surface area contributed by atoms with E-state index in [4.69, 9.17) is 21.1 Å². The summed E-state index contributed by atoms with van der Waals surface area (Å²) in [6.45, 7) is 0.479. The summed E-state index contributed by atoms with van der Waals surface area (Å²) in [5.74, 6) is 1.07. The Morgan fingerprint density at radius 1 is 0.939 bits per heavy atom. The van der Waals surface area contributed by atoms with Crippen LogP contribution in [0, 0.1) is 0 Å². The van der Waals surface area contributed by atoms with Crippen LogP contribution in [0.5, 0.6) is 11.5 Å². The fraction of sp³-hybridized carbons (Fsp3) is 0.208. The molecule has 0 saturated heterocycles. The van der Waals surface area contributed by atoms with Gasteiger partial charge in [0.2, 0.25) is 0 Å². The van der Waals surface area contributed by atoms with Gasteiger partial charge < -0.3 is 14.4 Å². The Morgan fingerprint density at radius 2 is 1.58 bits per heavy atom. The molecule has 33 heavy (non-hydrogen) atoms. The van der Waals surface area contributed by atoms with Crippen LogP contribution in [0.4, 0.5) is 5.69 Å². The van der Waals surface area contributed by atoms with E-state index in [1.54, 1.807) is 50.4 Å². The summed E-state index contributed by atoms with van der Waals surface area (Å²) in [5, 5.41) is 0.510. The highest BCUT2D eigenvalue weighted by Crippen LogP contribution is 2.27. The third kappa shape index (κ3) is 6.18. The van der Waals surface area contributed by atoms with Crippen molar-refractivity contribution in [2.24, 2.45) is 0 Å². The van der Waals surface area contributed by atoms with Gasteiger partial charge in [-0.2, -0.15) is 0 Å². The Bertz CT molecular complexity index is 1210. The van der Waals surface area contributed by atoms with Crippen LogP contribution in [-0.2, 0) is 16.4 Å². The molecule has 0 aromatic heterocycles. The molecule has 0 aliphatic heterocycles. The molecule has 0 aliphatic rings. The minimum absolute atomic E-state index is 0.0574. The lowest BCUT2D eigenvalue weighted by Crippen LogP contribution is -2.28. The van der Waals surface area contributed by atoms with Gasteiger partial charge in [0.25, 0.3) is 15.9 Å². The zero-order chi connectivity index (χ0) is 24.0. The van der Waals surface area contributed by atoms with Crippen molar-refractivity contribution in [3.05, 3.63) is 82.9 Å². The van der Waals surface area contributed by atoms with E-state index in [-0.39, 0.29) is 10.8 Å². The Balaban J connectivity index is 1.63. The number of halogens is 1. The monoisotopic (exact) mass is 488 g/mol. The maximum Gasteiger partial charge on any atom is 0.261 e. The van der Waals surface area contributed by atoms with Crippen LogP contribution in [0.25, 0.3) is 0 Å². The molecule has 0 saturated carbocycles. The zero-order valence-corrected chi connectivity index (χ0v) is 20.1. The standard InChI is InChI=1S/C24H25ClN2O5S/c1-27(15-14-17-4-13-22(31-2)23(16-17)32-3)24(28)18-5-11-21(12-6-18)33(29,30)26-20-9-7-19(25)8-10-20/h4-13,16,26H,14-15H2,1-3H3. The molecule has 0 fully saturated rings. The Morgan fingerprint density at radius 3 is 2.18 bits per heavy atom. The fourth-order valence-corrected chi connectivity index (χ4v) is 4.35. The predicted octanol–water partition coefficient (Wildman–Crippen LogP) is 4.47. The maximum absolute atomic E-state index is 12.8. The molecule has 9 heteroatoms. The molecule has 3 aromatic rings. The average molecular weight is 489 g/mol. The number of nitrogens with zero attached hydrogens (tertiary/aromatic N) is 1. The second-order valence-corrected chi connectivity index (χ2v) is 9.42. The first kappa shape index (κ1) is 24.4. The number of hydrogen-bond donors (Lipinski definition) is 1. The Hall–Kier alpha value is -3.23. The van der Waals surface area contributed by atoms with Crippen molar-refractivity contribution in [1.82, 2.24) is 4.90 Å². The highest BCUT2D eigenvalue weighted by atomic mass is 35.5. The molecular weight excluding hydrogens is 464 g/mol. The van der Waals surface area contributed by atoms with E-state index in [1.807, 2.05) is 18.2 Å². The Kier molecular flexibility index (Phi) is 7.84. The minimum atomic E-state index is -3.79. The van der Waals surface area contributed by atoms with Crippen LogP contribution in [0.15, 0.2) is 71.6 Å². The van der Waals surface area contributed by atoms with Crippen LogP contribution in [-0.4, -0.2) is 47.0 Å². The van der Waals surface area contributed by atoms with Gasteiger partial charge in [-0.15, -0.1) is 0 Å². The zero-order valence-electron chi connectivity index (χ0n) is 18.5. The van der Waals surface area contributed by atoms with Gasteiger partial charge in [0.1, 0.15) is 0 Å². The second kappa shape index (κ2) is 10.6. The lowest BCUT2D eigenvalue weighted by atomic mass is 10.1. The van der Waals surface area contributed by atoms with Crippen molar-refractivity contribution in [1.29, 1.82) is 0 Å². The third-order valence-electron chi connectivity index (χ3n) is 5.04. The van der Waals surface area contributed by atoms with Crippen LogP contribution in [0.2, 0.25) is 5.02 Å². The van der Waals surface area contributed by atoms with Crippen LogP contribution >= 0.6 is 11.6 Å². The molecule has 0 bridgehead atoms. The molecule has 0 unspecified atom stereocenters. The number of carbonyl (C=O) groups excluding carboxylic acids is 1. The molecular formula is C24H25ClN2O5S. The highest BCUT2D eigenvalue weighted by molar-refractivity contribution is 7.92. The van der Waals surface area contributed by atoms with E-state index in [1.165, 1.54) is 24.3 Å². The van der Waals surface area contributed by atoms with E-state index in [0.29, 0.717) is 40.7 Å².